The average Bonchev–Trinajstić information content (AvgIpc) is 2.40. The highest BCUT2D eigenvalue weighted by molar-refractivity contribution is 5.75. The highest BCUT2D eigenvalue weighted by Crippen LogP contribution is 2.18. The Hall–Kier alpha value is -1.65. The fraction of sp³-hybridized carbons (Fsp3) is 0.400. The van der Waals surface area contributed by atoms with Crippen molar-refractivity contribution in [3.63, 3.8) is 0 Å². The SMILES string of the molecule is C=CC(O)CC(O)C(CC)C(=O)Oc1ccccc1. The van der Waals surface area contributed by atoms with Gasteiger partial charge in [0, 0.05) is 6.42 Å². The summed E-state index contributed by atoms with van der Waals surface area (Å²) in [6, 6.07) is 8.71. The Morgan fingerprint density at radius 3 is 2.53 bits per heavy atom. The molecular formula is C15H20O4. The Morgan fingerprint density at radius 1 is 1.37 bits per heavy atom. The first-order valence-corrected chi connectivity index (χ1v) is 6.33. The minimum atomic E-state index is -0.950. The molecule has 0 amide bonds. The molecule has 0 aliphatic carbocycles. The second-order valence-corrected chi connectivity index (χ2v) is 4.35. The van der Waals surface area contributed by atoms with Crippen molar-refractivity contribution in [2.24, 2.45) is 5.92 Å². The zero-order valence-electron chi connectivity index (χ0n) is 11.0. The number of carbonyl (C=O) groups is 1. The van der Waals surface area contributed by atoms with E-state index in [0.29, 0.717) is 12.2 Å². The van der Waals surface area contributed by atoms with Gasteiger partial charge >= 0.3 is 5.97 Å². The maximum absolute atomic E-state index is 12.0. The van der Waals surface area contributed by atoms with Crippen LogP contribution in [0.5, 0.6) is 5.75 Å². The van der Waals surface area contributed by atoms with Gasteiger partial charge in [0.05, 0.1) is 18.1 Å². The van der Waals surface area contributed by atoms with Crippen LogP contribution in [0, 0.1) is 5.92 Å². The largest absolute Gasteiger partial charge is 0.426 e. The first-order chi connectivity index (χ1) is 9.08. The number of para-hydroxylation sites is 1. The summed E-state index contributed by atoms with van der Waals surface area (Å²) in [5.41, 5.74) is 0. The van der Waals surface area contributed by atoms with E-state index in [4.69, 9.17) is 4.74 Å². The predicted molar refractivity (Wildman–Crippen MR) is 72.7 cm³/mol. The van der Waals surface area contributed by atoms with E-state index >= 15 is 0 Å². The molecule has 1 aromatic rings. The molecule has 0 heterocycles. The summed E-state index contributed by atoms with van der Waals surface area (Å²) in [6.07, 6.45) is 0.0731. The quantitative estimate of drug-likeness (QED) is 0.448. The van der Waals surface area contributed by atoms with Crippen molar-refractivity contribution >= 4 is 5.97 Å². The highest BCUT2D eigenvalue weighted by Gasteiger charge is 2.28. The Bertz CT molecular complexity index is 402. The zero-order chi connectivity index (χ0) is 14.3. The van der Waals surface area contributed by atoms with Gasteiger partial charge in [-0.2, -0.15) is 0 Å². The number of carbonyl (C=O) groups excluding carboxylic acids is 1. The predicted octanol–water partition coefficient (Wildman–Crippen LogP) is 1.92. The summed E-state index contributed by atoms with van der Waals surface area (Å²) in [4.78, 5) is 12.0. The molecule has 0 aliphatic heterocycles. The minimum Gasteiger partial charge on any atom is -0.426 e. The lowest BCUT2D eigenvalue weighted by molar-refractivity contribution is -0.143. The Balaban J connectivity index is 2.63. The van der Waals surface area contributed by atoms with E-state index in [1.807, 2.05) is 6.07 Å². The van der Waals surface area contributed by atoms with Crippen LogP contribution in [0.15, 0.2) is 43.0 Å². The van der Waals surface area contributed by atoms with Crippen LogP contribution in [0.3, 0.4) is 0 Å². The molecule has 0 spiro atoms. The minimum absolute atomic E-state index is 0.0753. The van der Waals surface area contributed by atoms with Crippen molar-refractivity contribution in [1.82, 2.24) is 0 Å². The van der Waals surface area contributed by atoms with Crippen molar-refractivity contribution in [3.8, 4) is 5.75 Å². The monoisotopic (exact) mass is 264 g/mol. The van der Waals surface area contributed by atoms with Crippen LogP contribution in [0.4, 0.5) is 0 Å². The number of esters is 1. The Morgan fingerprint density at radius 2 is 2.00 bits per heavy atom. The van der Waals surface area contributed by atoms with E-state index in [2.05, 4.69) is 6.58 Å². The fourth-order valence-electron chi connectivity index (χ4n) is 1.78. The summed E-state index contributed by atoms with van der Waals surface area (Å²) in [5.74, 6) is -0.699. The number of aliphatic hydroxyl groups excluding tert-OH is 2. The van der Waals surface area contributed by atoms with Crippen molar-refractivity contribution in [3.05, 3.63) is 43.0 Å². The van der Waals surface area contributed by atoms with Crippen molar-refractivity contribution < 1.29 is 19.7 Å². The number of hydrogen-bond acceptors (Lipinski definition) is 4. The molecule has 4 nitrogen and oxygen atoms in total. The van der Waals surface area contributed by atoms with Gasteiger partial charge in [0.2, 0.25) is 0 Å². The van der Waals surface area contributed by atoms with Crippen LogP contribution < -0.4 is 4.74 Å². The first-order valence-electron chi connectivity index (χ1n) is 6.33. The molecule has 0 saturated carbocycles. The molecule has 104 valence electrons. The van der Waals surface area contributed by atoms with Crippen LogP contribution in [0.1, 0.15) is 19.8 Å². The van der Waals surface area contributed by atoms with E-state index < -0.39 is 24.1 Å². The van der Waals surface area contributed by atoms with Gasteiger partial charge in [0.25, 0.3) is 0 Å². The van der Waals surface area contributed by atoms with Gasteiger partial charge in [-0.05, 0) is 18.6 Å². The lowest BCUT2D eigenvalue weighted by atomic mass is 9.95. The standard InChI is InChI=1S/C15H20O4/c1-3-11(16)10-14(17)13(4-2)15(18)19-12-8-6-5-7-9-12/h3,5-9,11,13-14,16-17H,1,4,10H2,2H3. The van der Waals surface area contributed by atoms with Crippen molar-refractivity contribution in [1.29, 1.82) is 0 Å². The number of hydrogen-bond donors (Lipinski definition) is 2. The molecule has 0 aliphatic rings. The van der Waals surface area contributed by atoms with Crippen molar-refractivity contribution in [2.75, 3.05) is 0 Å². The van der Waals surface area contributed by atoms with Gasteiger partial charge in [-0.15, -0.1) is 6.58 Å². The summed E-state index contributed by atoms with van der Waals surface area (Å²) >= 11 is 0. The summed E-state index contributed by atoms with van der Waals surface area (Å²) in [5, 5.41) is 19.4. The number of benzene rings is 1. The molecule has 4 heteroatoms. The molecule has 0 fully saturated rings. The van der Waals surface area contributed by atoms with Gasteiger partial charge < -0.3 is 14.9 Å². The molecule has 1 rings (SSSR count). The normalized spacial score (nSPS) is 15.3. The maximum atomic E-state index is 12.0. The van der Waals surface area contributed by atoms with Gasteiger partial charge in [-0.1, -0.05) is 31.2 Å². The molecule has 0 radical (unpaired) electrons. The van der Waals surface area contributed by atoms with Gasteiger partial charge in [0.1, 0.15) is 5.75 Å². The number of aliphatic hydroxyl groups is 2. The van der Waals surface area contributed by atoms with E-state index in [1.54, 1.807) is 31.2 Å². The number of rotatable bonds is 7. The van der Waals surface area contributed by atoms with Crippen LogP contribution in [0.25, 0.3) is 0 Å². The molecule has 1 aromatic carbocycles. The van der Waals surface area contributed by atoms with Crippen LogP contribution in [-0.4, -0.2) is 28.4 Å². The molecule has 2 N–H and O–H groups in total. The van der Waals surface area contributed by atoms with Gasteiger partial charge in [-0.25, -0.2) is 0 Å². The molecule has 0 saturated heterocycles. The van der Waals surface area contributed by atoms with Gasteiger partial charge in [0.15, 0.2) is 0 Å². The first kappa shape index (κ1) is 15.4. The third kappa shape index (κ3) is 4.85. The number of ether oxygens (including phenoxy) is 1. The van der Waals surface area contributed by atoms with Crippen molar-refractivity contribution in [2.45, 2.75) is 32.0 Å². The topological polar surface area (TPSA) is 66.8 Å². The van der Waals surface area contributed by atoms with E-state index in [0.717, 1.165) is 0 Å². The van der Waals surface area contributed by atoms with E-state index in [1.165, 1.54) is 6.08 Å². The maximum Gasteiger partial charge on any atom is 0.316 e. The van der Waals surface area contributed by atoms with Crippen LogP contribution in [0.2, 0.25) is 0 Å². The summed E-state index contributed by atoms with van der Waals surface area (Å²) in [6.45, 7) is 5.23. The zero-order valence-corrected chi connectivity index (χ0v) is 11.0. The molecule has 3 unspecified atom stereocenters. The lowest BCUT2D eigenvalue weighted by Gasteiger charge is -2.21. The molecular weight excluding hydrogens is 244 g/mol. The van der Waals surface area contributed by atoms with Gasteiger partial charge in [-0.3, -0.25) is 4.79 Å². The molecule has 0 bridgehead atoms. The smallest absolute Gasteiger partial charge is 0.316 e. The Labute approximate surface area is 113 Å². The molecule has 3 atom stereocenters. The average molecular weight is 264 g/mol. The summed E-state index contributed by atoms with van der Waals surface area (Å²) in [7, 11) is 0. The fourth-order valence-corrected chi connectivity index (χ4v) is 1.78. The Kier molecular flexibility index (Phi) is 6.25. The second kappa shape index (κ2) is 7.71. The summed E-state index contributed by atoms with van der Waals surface area (Å²) < 4.78 is 5.20. The third-order valence-corrected chi connectivity index (χ3v) is 2.92. The van der Waals surface area contributed by atoms with E-state index in [9.17, 15) is 15.0 Å². The van der Waals surface area contributed by atoms with Crippen LogP contribution in [-0.2, 0) is 4.79 Å². The second-order valence-electron chi connectivity index (χ2n) is 4.35. The lowest BCUT2D eigenvalue weighted by Crippen LogP contribution is -2.33. The third-order valence-electron chi connectivity index (χ3n) is 2.92. The molecule has 19 heavy (non-hydrogen) atoms. The molecule has 0 aromatic heterocycles. The van der Waals surface area contributed by atoms with E-state index in [-0.39, 0.29) is 6.42 Å². The van der Waals surface area contributed by atoms with Crippen LogP contribution >= 0.6 is 0 Å². The highest BCUT2D eigenvalue weighted by atomic mass is 16.5.